The van der Waals surface area contributed by atoms with Crippen LogP contribution in [0.15, 0.2) is 11.6 Å². The molecule has 0 radical (unpaired) electrons. The lowest BCUT2D eigenvalue weighted by Crippen LogP contribution is -2.51. The summed E-state index contributed by atoms with van der Waals surface area (Å²) in [6.45, 7) is 8.32. The largest absolute Gasteiger partial charge is 0.462 e. The number of rotatable bonds is 4. The summed E-state index contributed by atoms with van der Waals surface area (Å²) in [6, 6.07) is 0. The van der Waals surface area contributed by atoms with E-state index < -0.39 is 0 Å². The maximum absolute atomic E-state index is 12.7. The van der Waals surface area contributed by atoms with Crippen LogP contribution in [-0.2, 0) is 19.1 Å². The van der Waals surface area contributed by atoms with Crippen molar-refractivity contribution in [2.24, 2.45) is 34.5 Å². The average Bonchev–Trinajstić information content (AvgIpc) is 2.94. The minimum Gasteiger partial charge on any atom is -0.462 e. The van der Waals surface area contributed by atoms with Crippen LogP contribution in [0, 0.1) is 34.5 Å². The summed E-state index contributed by atoms with van der Waals surface area (Å²) in [5.74, 6) is 1.68. The van der Waals surface area contributed by atoms with E-state index in [9.17, 15) is 14.4 Å². The zero-order valence-corrected chi connectivity index (χ0v) is 18.5. The van der Waals surface area contributed by atoms with Gasteiger partial charge in [0.25, 0.3) is 0 Å². The van der Waals surface area contributed by atoms with Crippen molar-refractivity contribution in [2.75, 3.05) is 0 Å². The van der Waals surface area contributed by atoms with Crippen LogP contribution in [-0.4, -0.2) is 23.6 Å². The normalized spacial score (nSPS) is 43.7. The summed E-state index contributed by atoms with van der Waals surface area (Å²) in [4.78, 5) is 37.0. The first kappa shape index (κ1) is 20.8. The molecule has 7 atom stereocenters. The molecule has 0 aromatic heterocycles. The van der Waals surface area contributed by atoms with Gasteiger partial charge in [0.05, 0.1) is 5.92 Å². The van der Waals surface area contributed by atoms with Gasteiger partial charge in [0.2, 0.25) is 0 Å². The molecule has 160 valence electrons. The van der Waals surface area contributed by atoms with E-state index in [1.165, 1.54) is 5.57 Å². The minimum atomic E-state index is -0.266. The number of esters is 1. The second-order valence-electron chi connectivity index (χ2n) is 10.6. The van der Waals surface area contributed by atoms with E-state index >= 15 is 0 Å². The smallest absolute Gasteiger partial charge is 0.306 e. The lowest BCUT2D eigenvalue weighted by atomic mass is 9.46. The van der Waals surface area contributed by atoms with E-state index in [4.69, 9.17) is 4.74 Å². The second-order valence-corrected chi connectivity index (χ2v) is 10.6. The van der Waals surface area contributed by atoms with Crippen LogP contribution in [0.2, 0.25) is 0 Å². The molecule has 3 fully saturated rings. The monoisotopic (exact) mass is 400 g/mol. The lowest BCUT2D eigenvalue weighted by Gasteiger charge is -2.57. The first-order valence-electron chi connectivity index (χ1n) is 11.6. The summed E-state index contributed by atoms with van der Waals surface area (Å²) >= 11 is 0. The maximum atomic E-state index is 12.7. The molecule has 4 aliphatic carbocycles. The Balaban J connectivity index is 1.63. The number of carbonyl (C=O) groups is 3. The van der Waals surface area contributed by atoms with Crippen LogP contribution < -0.4 is 0 Å². The molecule has 0 aliphatic heterocycles. The fourth-order valence-electron chi connectivity index (χ4n) is 7.82. The van der Waals surface area contributed by atoms with E-state index in [1.807, 2.05) is 13.0 Å². The van der Waals surface area contributed by atoms with Gasteiger partial charge in [-0.2, -0.15) is 0 Å². The fourth-order valence-corrected chi connectivity index (χ4v) is 7.82. The van der Waals surface area contributed by atoms with Crippen LogP contribution in [0.25, 0.3) is 0 Å². The Labute approximate surface area is 174 Å². The Hall–Kier alpha value is -1.45. The van der Waals surface area contributed by atoms with Gasteiger partial charge in [-0.15, -0.1) is 0 Å². The zero-order chi connectivity index (χ0) is 21.0. The van der Waals surface area contributed by atoms with E-state index in [-0.39, 0.29) is 40.4 Å². The number of Topliss-reactive ketones (excluding diaryl/α,β-unsaturated/α-hetero) is 1. The molecular formula is C25H36O4. The van der Waals surface area contributed by atoms with Crippen molar-refractivity contribution >= 4 is 17.5 Å². The molecule has 0 aromatic carbocycles. The summed E-state index contributed by atoms with van der Waals surface area (Å²) in [5, 5.41) is 0. The van der Waals surface area contributed by atoms with Crippen LogP contribution >= 0.6 is 0 Å². The van der Waals surface area contributed by atoms with Crippen molar-refractivity contribution in [3.63, 3.8) is 0 Å². The highest BCUT2D eigenvalue weighted by atomic mass is 16.5. The molecule has 0 saturated heterocycles. The van der Waals surface area contributed by atoms with Gasteiger partial charge < -0.3 is 4.74 Å². The number of ether oxygens (including phenoxy) is 1. The van der Waals surface area contributed by atoms with Gasteiger partial charge in [-0.05, 0) is 86.5 Å². The van der Waals surface area contributed by atoms with Crippen molar-refractivity contribution < 1.29 is 19.1 Å². The third kappa shape index (κ3) is 3.21. The molecule has 4 nitrogen and oxygen atoms in total. The molecular weight excluding hydrogens is 364 g/mol. The molecule has 1 unspecified atom stereocenters. The van der Waals surface area contributed by atoms with Crippen molar-refractivity contribution in [1.29, 1.82) is 0 Å². The van der Waals surface area contributed by atoms with Gasteiger partial charge in [-0.1, -0.05) is 26.3 Å². The topological polar surface area (TPSA) is 60.4 Å². The Bertz CT molecular complexity index is 752. The van der Waals surface area contributed by atoms with Gasteiger partial charge >= 0.3 is 5.97 Å². The van der Waals surface area contributed by atoms with Crippen molar-refractivity contribution in [3.05, 3.63) is 11.6 Å². The molecule has 0 heterocycles. The predicted octanol–water partition coefficient (Wildman–Crippen LogP) is 5.05. The quantitative estimate of drug-likeness (QED) is 0.620. The third-order valence-corrected chi connectivity index (χ3v) is 9.14. The molecule has 29 heavy (non-hydrogen) atoms. The minimum absolute atomic E-state index is 0.0772. The highest BCUT2D eigenvalue weighted by molar-refractivity contribution is 5.91. The van der Waals surface area contributed by atoms with Crippen molar-refractivity contribution in [2.45, 2.75) is 91.6 Å². The van der Waals surface area contributed by atoms with Gasteiger partial charge in [0.15, 0.2) is 5.78 Å². The van der Waals surface area contributed by atoms with Crippen molar-refractivity contribution in [1.82, 2.24) is 0 Å². The molecule has 0 aromatic rings. The maximum Gasteiger partial charge on any atom is 0.306 e. The molecule has 4 rings (SSSR count). The van der Waals surface area contributed by atoms with Gasteiger partial charge in [-0.3, -0.25) is 14.4 Å². The van der Waals surface area contributed by atoms with Crippen LogP contribution in [0.3, 0.4) is 0 Å². The van der Waals surface area contributed by atoms with Gasteiger partial charge in [0.1, 0.15) is 11.9 Å². The summed E-state index contributed by atoms with van der Waals surface area (Å²) in [5.41, 5.74) is 1.42. The van der Waals surface area contributed by atoms with E-state index in [0.29, 0.717) is 30.6 Å². The Kier molecular flexibility index (Phi) is 5.28. The first-order chi connectivity index (χ1) is 13.7. The summed E-state index contributed by atoms with van der Waals surface area (Å²) in [6.07, 6.45) is 9.55. The van der Waals surface area contributed by atoms with E-state index in [2.05, 4.69) is 13.8 Å². The fraction of sp³-hybridized carbons (Fsp3) is 0.800. The molecule has 4 aliphatic rings. The second kappa shape index (κ2) is 7.35. The number of allylic oxidation sites excluding steroid dienone is 1. The van der Waals surface area contributed by atoms with E-state index in [0.717, 1.165) is 44.9 Å². The number of carbonyl (C=O) groups excluding carboxylic acids is 3. The molecule has 0 amide bonds. The zero-order valence-electron chi connectivity index (χ0n) is 18.5. The van der Waals surface area contributed by atoms with E-state index in [1.54, 1.807) is 6.92 Å². The van der Waals surface area contributed by atoms with Crippen LogP contribution in [0.5, 0.6) is 0 Å². The summed E-state index contributed by atoms with van der Waals surface area (Å²) in [7, 11) is 0. The SMILES string of the molecule is CCCC(=O)OC1C[C@H]2[C@@H]3CCC4=CC(=O)CC[C@]4(C)[C@H]3CC[C@]2(C)[C@H]1C(C)=O. The number of ketones is 2. The number of hydrogen-bond acceptors (Lipinski definition) is 4. The van der Waals surface area contributed by atoms with Gasteiger partial charge in [0, 0.05) is 12.8 Å². The highest BCUT2D eigenvalue weighted by Gasteiger charge is 2.63. The molecule has 0 bridgehead atoms. The first-order valence-corrected chi connectivity index (χ1v) is 11.6. The Morgan fingerprint density at radius 3 is 2.59 bits per heavy atom. The Morgan fingerprint density at radius 1 is 1.14 bits per heavy atom. The van der Waals surface area contributed by atoms with Crippen LogP contribution in [0.1, 0.15) is 85.5 Å². The molecule has 3 saturated carbocycles. The summed E-state index contributed by atoms with van der Waals surface area (Å²) < 4.78 is 5.89. The van der Waals surface area contributed by atoms with Gasteiger partial charge in [-0.25, -0.2) is 0 Å². The van der Waals surface area contributed by atoms with Crippen LogP contribution in [0.4, 0.5) is 0 Å². The molecule has 0 N–H and O–H groups in total. The molecule has 4 heteroatoms. The third-order valence-electron chi connectivity index (χ3n) is 9.14. The van der Waals surface area contributed by atoms with Crippen molar-refractivity contribution in [3.8, 4) is 0 Å². The highest BCUT2D eigenvalue weighted by Crippen LogP contribution is 2.67. The Morgan fingerprint density at radius 2 is 1.90 bits per heavy atom. The standard InChI is InChI=1S/C25H36O4/c1-5-6-22(28)29-21-14-20-18-8-7-16-13-17(27)9-11-24(16,3)19(18)10-12-25(20,4)23(21)15(2)26/h13,18-21,23H,5-12,14H2,1-4H3/t18-,19+,20+,21?,23+,24+,25+/m1/s1. The predicted molar refractivity (Wildman–Crippen MR) is 111 cm³/mol. The number of fused-ring (bicyclic) bond motifs is 5. The average molecular weight is 401 g/mol. The lowest BCUT2D eigenvalue weighted by molar-refractivity contribution is -0.154. The number of hydrogen-bond donors (Lipinski definition) is 0. The molecule has 0 spiro atoms.